The van der Waals surface area contributed by atoms with Gasteiger partial charge < -0.3 is 20.3 Å². The van der Waals surface area contributed by atoms with E-state index < -0.39 is 4.92 Å². The molecule has 2 N–H and O–H groups in total. The first-order chi connectivity index (χ1) is 16.8. The van der Waals surface area contributed by atoms with Gasteiger partial charge in [-0.05, 0) is 63.8 Å². The van der Waals surface area contributed by atoms with Crippen molar-refractivity contribution in [2.75, 3.05) is 28.6 Å². The fourth-order valence-electron chi connectivity index (χ4n) is 4.04. The maximum Gasteiger partial charge on any atom is 0.269 e. The van der Waals surface area contributed by atoms with Gasteiger partial charge in [0.1, 0.15) is 10.8 Å². The number of nitrogens with one attached hydrogen (secondary N) is 2. The van der Waals surface area contributed by atoms with E-state index in [1.165, 1.54) is 43.3 Å². The molecule has 3 aromatic rings. The maximum atomic E-state index is 10.9. The number of nitro benzene ring substituents is 1. The fourth-order valence-corrected chi connectivity index (χ4v) is 4.18. The van der Waals surface area contributed by atoms with E-state index >= 15 is 0 Å². The molecule has 0 saturated carbocycles. The van der Waals surface area contributed by atoms with Crippen LogP contribution in [0, 0.1) is 17.0 Å². The van der Waals surface area contributed by atoms with E-state index in [-0.39, 0.29) is 11.8 Å². The smallest absolute Gasteiger partial charge is 0.269 e. The first-order valence-corrected chi connectivity index (χ1v) is 12.1. The fraction of sp³-hybridized carbons (Fsp3) is 0.360. The number of nitro groups is 1. The number of ether oxygens (including phenoxy) is 1. The summed E-state index contributed by atoms with van der Waals surface area (Å²) in [7, 11) is 0. The summed E-state index contributed by atoms with van der Waals surface area (Å²) < 4.78 is 6.15. The molecule has 0 bridgehead atoms. The highest BCUT2D eigenvalue weighted by atomic mass is 35.5. The van der Waals surface area contributed by atoms with Crippen LogP contribution in [-0.4, -0.2) is 34.1 Å². The van der Waals surface area contributed by atoms with Crippen molar-refractivity contribution in [3.8, 4) is 5.75 Å². The van der Waals surface area contributed by atoms with Gasteiger partial charge in [0, 0.05) is 42.7 Å². The van der Waals surface area contributed by atoms with E-state index in [9.17, 15) is 10.1 Å². The Morgan fingerprint density at radius 1 is 1.11 bits per heavy atom. The molecule has 0 atom stereocenters. The van der Waals surface area contributed by atoms with Crippen LogP contribution in [0.25, 0.3) is 0 Å². The molecule has 2 heterocycles. The van der Waals surface area contributed by atoms with Crippen LogP contribution in [-0.2, 0) is 0 Å². The van der Waals surface area contributed by atoms with Gasteiger partial charge in [-0.15, -0.1) is 0 Å². The molecule has 9 nitrogen and oxygen atoms in total. The molecule has 1 saturated heterocycles. The standard InChI is InChI=1S/C25H29ClN6O3/c1-16(2)35-23-14-22(31-11-5-4-6-12-31)17(3)13-21(23)29-24-20(26)15-27-25(30-24)28-18-7-9-19(10-8-18)32(33)34/h7-10,13-16H,4-6,11-12H2,1-3H3,(H2,27,28,29,30). The lowest BCUT2D eigenvalue weighted by Crippen LogP contribution is -2.30. The van der Waals surface area contributed by atoms with Crippen molar-refractivity contribution in [3.63, 3.8) is 0 Å². The third-order valence-electron chi connectivity index (χ3n) is 5.69. The van der Waals surface area contributed by atoms with Crippen molar-refractivity contribution in [3.05, 3.63) is 63.3 Å². The van der Waals surface area contributed by atoms with E-state index in [0.29, 0.717) is 22.5 Å². The maximum absolute atomic E-state index is 10.9. The minimum atomic E-state index is -0.444. The van der Waals surface area contributed by atoms with Crippen molar-refractivity contribution in [1.29, 1.82) is 0 Å². The Kier molecular flexibility index (Phi) is 7.55. The Morgan fingerprint density at radius 2 is 1.83 bits per heavy atom. The predicted molar refractivity (Wildman–Crippen MR) is 140 cm³/mol. The van der Waals surface area contributed by atoms with E-state index in [0.717, 1.165) is 30.1 Å². The van der Waals surface area contributed by atoms with Crippen LogP contribution >= 0.6 is 11.6 Å². The Hall–Kier alpha value is -3.59. The van der Waals surface area contributed by atoms with Crippen LogP contribution in [0.5, 0.6) is 5.75 Å². The zero-order valence-corrected chi connectivity index (χ0v) is 20.8. The molecule has 0 spiro atoms. The van der Waals surface area contributed by atoms with Crippen LogP contribution in [0.15, 0.2) is 42.6 Å². The molecule has 1 fully saturated rings. The van der Waals surface area contributed by atoms with E-state index in [1.54, 1.807) is 12.1 Å². The number of hydrogen-bond acceptors (Lipinski definition) is 8. The minimum absolute atomic E-state index is 0.00676. The number of non-ortho nitro benzene ring substituents is 1. The van der Waals surface area contributed by atoms with Crippen LogP contribution in [0.1, 0.15) is 38.7 Å². The van der Waals surface area contributed by atoms with Gasteiger partial charge in [0.2, 0.25) is 5.95 Å². The van der Waals surface area contributed by atoms with E-state index in [2.05, 4.69) is 44.6 Å². The minimum Gasteiger partial charge on any atom is -0.489 e. The van der Waals surface area contributed by atoms with Gasteiger partial charge in [-0.3, -0.25) is 10.1 Å². The molecule has 1 aromatic heterocycles. The molecule has 2 aromatic carbocycles. The lowest BCUT2D eigenvalue weighted by atomic mass is 10.1. The zero-order chi connectivity index (χ0) is 24.9. The average Bonchev–Trinajstić information content (AvgIpc) is 2.83. The molecule has 184 valence electrons. The first kappa shape index (κ1) is 24.5. The summed E-state index contributed by atoms with van der Waals surface area (Å²) in [6.45, 7) is 8.17. The van der Waals surface area contributed by atoms with Gasteiger partial charge in [-0.2, -0.15) is 4.98 Å². The Bertz CT molecular complexity index is 1200. The number of halogens is 1. The summed E-state index contributed by atoms with van der Waals surface area (Å²) >= 11 is 6.42. The Labute approximate surface area is 209 Å². The summed E-state index contributed by atoms with van der Waals surface area (Å²) in [6, 6.07) is 10.2. The molecule has 0 radical (unpaired) electrons. The average molecular weight is 497 g/mol. The number of rotatable bonds is 8. The molecule has 0 aliphatic carbocycles. The van der Waals surface area contributed by atoms with Gasteiger partial charge in [-0.1, -0.05) is 11.6 Å². The highest BCUT2D eigenvalue weighted by molar-refractivity contribution is 6.33. The molecule has 0 unspecified atom stereocenters. The zero-order valence-electron chi connectivity index (χ0n) is 20.0. The normalized spacial score (nSPS) is 13.6. The highest BCUT2D eigenvalue weighted by Crippen LogP contribution is 2.37. The summed E-state index contributed by atoms with van der Waals surface area (Å²) in [6.07, 6.45) is 5.16. The third kappa shape index (κ3) is 6.10. The number of aromatic nitrogens is 2. The summed E-state index contributed by atoms with van der Waals surface area (Å²) in [4.78, 5) is 21.6. The van der Waals surface area contributed by atoms with Gasteiger partial charge in [0.15, 0.2) is 5.82 Å². The summed E-state index contributed by atoms with van der Waals surface area (Å²) in [5.41, 5.74) is 3.71. The Balaban J connectivity index is 1.60. The number of aryl methyl sites for hydroxylation is 1. The van der Waals surface area contributed by atoms with Crippen molar-refractivity contribution < 1.29 is 9.66 Å². The SMILES string of the molecule is Cc1cc(Nc2nc(Nc3ccc([N+](=O)[O-])cc3)ncc2Cl)c(OC(C)C)cc1N1CCCCC1. The van der Waals surface area contributed by atoms with Crippen molar-refractivity contribution >= 4 is 46.1 Å². The van der Waals surface area contributed by atoms with Crippen molar-refractivity contribution in [1.82, 2.24) is 9.97 Å². The molecule has 1 aliphatic heterocycles. The topological polar surface area (TPSA) is 105 Å². The molecule has 35 heavy (non-hydrogen) atoms. The quantitative estimate of drug-likeness (QED) is 0.265. The van der Waals surface area contributed by atoms with Crippen LogP contribution in [0.2, 0.25) is 5.02 Å². The summed E-state index contributed by atoms with van der Waals surface area (Å²) in [5, 5.41) is 17.6. The van der Waals surface area contributed by atoms with Gasteiger partial charge >= 0.3 is 0 Å². The Morgan fingerprint density at radius 3 is 2.49 bits per heavy atom. The number of piperidine rings is 1. The van der Waals surface area contributed by atoms with Crippen LogP contribution in [0.3, 0.4) is 0 Å². The third-order valence-corrected chi connectivity index (χ3v) is 5.97. The largest absolute Gasteiger partial charge is 0.489 e. The lowest BCUT2D eigenvalue weighted by Gasteiger charge is -2.31. The number of hydrogen-bond donors (Lipinski definition) is 2. The van der Waals surface area contributed by atoms with Crippen LogP contribution in [0.4, 0.5) is 34.5 Å². The highest BCUT2D eigenvalue weighted by Gasteiger charge is 2.18. The van der Waals surface area contributed by atoms with Gasteiger partial charge in [-0.25, -0.2) is 4.98 Å². The second kappa shape index (κ2) is 10.8. The lowest BCUT2D eigenvalue weighted by molar-refractivity contribution is -0.384. The van der Waals surface area contributed by atoms with Gasteiger partial charge in [0.05, 0.1) is 22.9 Å². The monoisotopic (exact) mass is 496 g/mol. The molecule has 0 amide bonds. The number of benzene rings is 2. The number of nitrogens with zero attached hydrogens (tertiary/aromatic N) is 4. The number of anilines is 5. The van der Waals surface area contributed by atoms with E-state index in [1.807, 2.05) is 13.8 Å². The molecule has 10 heteroatoms. The molecule has 1 aliphatic rings. The summed E-state index contributed by atoms with van der Waals surface area (Å²) in [5.74, 6) is 1.45. The second-order valence-electron chi connectivity index (χ2n) is 8.79. The van der Waals surface area contributed by atoms with Gasteiger partial charge in [0.25, 0.3) is 5.69 Å². The first-order valence-electron chi connectivity index (χ1n) is 11.7. The van der Waals surface area contributed by atoms with Crippen molar-refractivity contribution in [2.45, 2.75) is 46.1 Å². The van der Waals surface area contributed by atoms with Crippen LogP contribution < -0.4 is 20.3 Å². The molecular weight excluding hydrogens is 468 g/mol. The predicted octanol–water partition coefficient (Wildman–Crippen LogP) is 6.61. The second-order valence-corrected chi connectivity index (χ2v) is 9.20. The molecular formula is C25H29ClN6O3. The van der Waals surface area contributed by atoms with E-state index in [4.69, 9.17) is 16.3 Å². The van der Waals surface area contributed by atoms with Crippen molar-refractivity contribution in [2.24, 2.45) is 0 Å². The molecule has 4 rings (SSSR count).